The van der Waals surface area contributed by atoms with E-state index in [1.807, 2.05) is 0 Å². The summed E-state index contributed by atoms with van der Waals surface area (Å²) in [5.41, 5.74) is 0. The second kappa shape index (κ2) is 9.87. The molecule has 0 saturated heterocycles. The highest BCUT2D eigenvalue weighted by atomic mass is 16.5. The van der Waals surface area contributed by atoms with Gasteiger partial charge in [0.15, 0.2) is 0 Å². The van der Waals surface area contributed by atoms with E-state index < -0.39 is 0 Å². The van der Waals surface area contributed by atoms with E-state index in [1.54, 1.807) is 0 Å². The van der Waals surface area contributed by atoms with Crippen LogP contribution in [0.5, 0.6) is 0 Å². The molecule has 0 aromatic carbocycles. The molecular weight excluding hydrogens is 256 g/mol. The Hall–Kier alpha value is -0.0400. The predicted molar refractivity (Wildman–Crippen MR) is 95.6 cm³/mol. The van der Waals surface area contributed by atoms with Gasteiger partial charge in [0, 0.05) is 0 Å². The summed E-state index contributed by atoms with van der Waals surface area (Å²) in [4.78, 5) is 0. The van der Waals surface area contributed by atoms with Crippen molar-refractivity contribution in [1.29, 1.82) is 0 Å². The van der Waals surface area contributed by atoms with Crippen LogP contribution in [0.25, 0.3) is 0 Å². The first-order valence-electron chi connectivity index (χ1n) is 9.21. The van der Waals surface area contributed by atoms with Crippen LogP contribution in [0.1, 0.15) is 82.1 Å². The second-order valence-electron chi connectivity index (χ2n) is 8.77. The maximum atomic E-state index is 6.70. The largest absolute Gasteiger partial charge is 0.374 e. The Kier molecular flexibility index (Phi) is 9.85. The third kappa shape index (κ3) is 8.24. The van der Waals surface area contributed by atoms with Crippen LogP contribution in [-0.4, -0.2) is 12.2 Å². The van der Waals surface area contributed by atoms with Crippen LogP contribution in [0.15, 0.2) is 0 Å². The van der Waals surface area contributed by atoms with E-state index in [0.717, 1.165) is 11.8 Å². The lowest BCUT2D eigenvalue weighted by atomic mass is 9.85. The van der Waals surface area contributed by atoms with Crippen molar-refractivity contribution < 1.29 is 4.74 Å². The van der Waals surface area contributed by atoms with Gasteiger partial charge in [0.05, 0.1) is 12.2 Å². The van der Waals surface area contributed by atoms with Gasteiger partial charge in [0.2, 0.25) is 0 Å². The van der Waals surface area contributed by atoms with Gasteiger partial charge in [0.25, 0.3) is 0 Å². The average molecular weight is 299 g/mol. The summed E-state index contributed by atoms with van der Waals surface area (Å²) in [5.74, 6) is 3.94. The Labute approximate surface area is 135 Å². The van der Waals surface area contributed by atoms with Gasteiger partial charge in [-0.05, 0) is 48.3 Å². The molecule has 1 nitrogen and oxygen atoms in total. The van der Waals surface area contributed by atoms with Crippen molar-refractivity contribution in [3.8, 4) is 0 Å². The highest BCUT2D eigenvalue weighted by Crippen LogP contribution is 2.30. The van der Waals surface area contributed by atoms with Crippen molar-refractivity contribution in [3.05, 3.63) is 0 Å². The molecule has 128 valence electrons. The molecule has 0 amide bonds. The molecule has 0 aliphatic carbocycles. The molecule has 0 aliphatic heterocycles. The normalized spacial score (nSPS) is 18.6. The van der Waals surface area contributed by atoms with Crippen LogP contribution < -0.4 is 0 Å². The molecule has 0 heterocycles. The van der Waals surface area contributed by atoms with Crippen molar-refractivity contribution >= 4 is 0 Å². The lowest BCUT2D eigenvalue weighted by molar-refractivity contribution is -0.107. The average Bonchev–Trinajstić information content (AvgIpc) is 2.25. The molecule has 4 unspecified atom stereocenters. The molecule has 0 saturated carbocycles. The summed E-state index contributed by atoms with van der Waals surface area (Å²) in [5, 5.41) is 0. The molecule has 4 atom stereocenters. The van der Waals surface area contributed by atoms with Gasteiger partial charge < -0.3 is 4.74 Å². The van der Waals surface area contributed by atoms with E-state index >= 15 is 0 Å². The molecule has 0 bridgehead atoms. The summed E-state index contributed by atoms with van der Waals surface area (Å²) in [6.45, 7) is 23.2. The molecule has 0 N–H and O–H groups in total. The maximum absolute atomic E-state index is 6.70. The standard InChI is InChI=1S/C20H42O/c1-13(2)11-17(9)19(15(5)6)21-20(16(7)8)18(10)12-14(3)4/h13-20H,11-12H2,1-10H3. The van der Waals surface area contributed by atoms with Crippen LogP contribution in [0.3, 0.4) is 0 Å². The first-order chi connectivity index (χ1) is 9.56. The van der Waals surface area contributed by atoms with Gasteiger partial charge in [-0.15, -0.1) is 0 Å². The predicted octanol–water partition coefficient (Wildman–Crippen LogP) is 6.42. The fourth-order valence-corrected chi connectivity index (χ4v) is 3.83. The Morgan fingerprint density at radius 3 is 1.00 bits per heavy atom. The van der Waals surface area contributed by atoms with E-state index in [4.69, 9.17) is 4.74 Å². The van der Waals surface area contributed by atoms with Gasteiger partial charge >= 0.3 is 0 Å². The minimum Gasteiger partial charge on any atom is -0.374 e. The first-order valence-corrected chi connectivity index (χ1v) is 9.21. The zero-order valence-corrected chi connectivity index (χ0v) is 16.4. The molecule has 0 spiro atoms. The van der Waals surface area contributed by atoms with Crippen molar-refractivity contribution in [2.75, 3.05) is 0 Å². The quantitative estimate of drug-likeness (QED) is 0.452. The fourth-order valence-electron chi connectivity index (χ4n) is 3.83. The van der Waals surface area contributed by atoms with E-state index in [2.05, 4.69) is 69.2 Å². The van der Waals surface area contributed by atoms with Gasteiger partial charge in [-0.1, -0.05) is 69.2 Å². The molecule has 0 radical (unpaired) electrons. The van der Waals surface area contributed by atoms with Crippen molar-refractivity contribution in [1.82, 2.24) is 0 Å². The maximum Gasteiger partial charge on any atom is 0.0627 e. The monoisotopic (exact) mass is 298 g/mol. The zero-order chi connectivity index (χ0) is 16.7. The molecule has 1 heteroatoms. The molecular formula is C20H42O. The number of hydrogen-bond acceptors (Lipinski definition) is 1. The van der Waals surface area contributed by atoms with Crippen molar-refractivity contribution in [2.24, 2.45) is 35.5 Å². The van der Waals surface area contributed by atoms with E-state index in [1.165, 1.54) is 12.8 Å². The second-order valence-corrected chi connectivity index (χ2v) is 8.77. The molecule has 0 aromatic heterocycles. The molecule has 21 heavy (non-hydrogen) atoms. The van der Waals surface area contributed by atoms with E-state index in [0.29, 0.717) is 35.9 Å². The zero-order valence-electron chi connectivity index (χ0n) is 16.4. The molecule has 0 fully saturated rings. The van der Waals surface area contributed by atoms with E-state index in [9.17, 15) is 0 Å². The van der Waals surface area contributed by atoms with Gasteiger partial charge in [0.1, 0.15) is 0 Å². The lowest BCUT2D eigenvalue weighted by Crippen LogP contribution is -2.38. The fraction of sp³-hybridized carbons (Fsp3) is 1.00. The summed E-state index contributed by atoms with van der Waals surface area (Å²) in [6, 6.07) is 0. The first kappa shape index (κ1) is 21.0. The summed E-state index contributed by atoms with van der Waals surface area (Å²) >= 11 is 0. The third-order valence-corrected chi connectivity index (χ3v) is 4.44. The van der Waals surface area contributed by atoms with Gasteiger partial charge in [-0.3, -0.25) is 0 Å². The molecule has 0 aromatic rings. The Morgan fingerprint density at radius 1 is 0.524 bits per heavy atom. The number of hydrogen-bond donors (Lipinski definition) is 0. The highest BCUT2D eigenvalue weighted by Gasteiger charge is 2.30. The van der Waals surface area contributed by atoms with Crippen LogP contribution in [0.4, 0.5) is 0 Å². The summed E-state index contributed by atoms with van der Waals surface area (Å²) < 4.78 is 6.70. The minimum absolute atomic E-state index is 0.384. The summed E-state index contributed by atoms with van der Waals surface area (Å²) in [6.07, 6.45) is 3.28. The van der Waals surface area contributed by atoms with Crippen molar-refractivity contribution in [3.63, 3.8) is 0 Å². The Morgan fingerprint density at radius 2 is 0.810 bits per heavy atom. The van der Waals surface area contributed by atoms with Crippen LogP contribution in [-0.2, 0) is 4.74 Å². The van der Waals surface area contributed by atoms with E-state index in [-0.39, 0.29) is 0 Å². The Bertz CT molecular complexity index is 229. The minimum atomic E-state index is 0.384. The van der Waals surface area contributed by atoms with Gasteiger partial charge in [-0.25, -0.2) is 0 Å². The molecule has 0 rings (SSSR count). The molecule has 0 aliphatic rings. The third-order valence-electron chi connectivity index (χ3n) is 4.44. The number of rotatable bonds is 10. The number of ether oxygens (including phenoxy) is 1. The lowest BCUT2D eigenvalue weighted by Gasteiger charge is -2.37. The van der Waals surface area contributed by atoms with Crippen LogP contribution in [0.2, 0.25) is 0 Å². The van der Waals surface area contributed by atoms with Crippen LogP contribution >= 0.6 is 0 Å². The SMILES string of the molecule is CC(C)CC(C)C(OC(C(C)C)C(C)CC(C)C)C(C)C. The van der Waals surface area contributed by atoms with Gasteiger partial charge in [-0.2, -0.15) is 0 Å². The highest BCUT2D eigenvalue weighted by molar-refractivity contribution is 4.78. The van der Waals surface area contributed by atoms with Crippen molar-refractivity contribution in [2.45, 2.75) is 94.3 Å². The van der Waals surface area contributed by atoms with Crippen LogP contribution in [0, 0.1) is 35.5 Å². The smallest absolute Gasteiger partial charge is 0.0627 e. The Balaban J connectivity index is 4.90. The topological polar surface area (TPSA) is 9.23 Å². The summed E-state index contributed by atoms with van der Waals surface area (Å²) in [7, 11) is 0.